The fourth-order valence-corrected chi connectivity index (χ4v) is 6.50. The lowest BCUT2D eigenvalue weighted by Gasteiger charge is -2.34. The van der Waals surface area contributed by atoms with Crippen LogP contribution in [0.3, 0.4) is 0 Å². The number of carbonyl (C=O) groups excluding carboxylic acids is 2. The molecule has 11 heteroatoms. The van der Waals surface area contributed by atoms with E-state index in [0.717, 1.165) is 22.7 Å². The van der Waals surface area contributed by atoms with E-state index in [0.29, 0.717) is 17.9 Å². The quantitative estimate of drug-likeness (QED) is 0.157. The molecular weight excluding hydrogens is 621 g/mol. The summed E-state index contributed by atoms with van der Waals surface area (Å²) in [4.78, 5) is 29.5. The molecule has 1 unspecified atom stereocenters. The van der Waals surface area contributed by atoms with Crippen LogP contribution in [0.25, 0.3) is 0 Å². The zero-order valence-corrected chi connectivity index (χ0v) is 27.6. The molecule has 0 saturated carbocycles. The second-order valence-corrected chi connectivity index (χ2v) is 12.7. The van der Waals surface area contributed by atoms with Gasteiger partial charge in [-0.1, -0.05) is 74.0 Å². The van der Waals surface area contributed by atoms with Crippen molar-refractivity contribution >= 4 is 27.5 Å². The number of carbonyl (C=O) groups is 2. The SMILES string of the molecule is CCCCNC(=O)C(Cc1ccccc1)N(Cc1ccc(F)cc1)C(=O)CN(c1ccccc1)S(=O)(=O)c1ccc(OC)c(OC)c1. The molecule has 1 atom stereocenters. The fraction of sp³-hybridized carbons (Fsp3) is 0.278. The third-order valence-corrected chi connectivity index (χ3v) is 9.40. The third-order valence-electron chi connectivity index (χ3n) is 7.63. The number of sulfonamides is 1. The van der Waals surface area contributed by atoms with E-state index >= 15 is 0 Å². The molecule has 47 heavy (non-hydrogen) atoms. The third kappa shape index (κ3) is 9.10. The van der Waals surface area contributed by atoms with E-state index in [-0.39, 0.29) is 35.2 Å². The maximum absolute atomic E-state index is 14.5. The second-order valence-electron chi connectivity index (χ2n) is 10.9. The van der Waals surface area contributed by atoms with E-state index in [1.54, 1.807) is 42.5 Å². The van der Waals surface area contributed by atoms with Gasteiger partial charge in [0.25, 0.3) is 10.0 Å². The Labute approximate surface area is 276 Å². The van der Waals surface area contributed by atoms with Crippen molar-refractivity contribution in [2.45, 2.75) is 43.7 Å². The summed E-state index contributed by atoms with van der Waals surface area (Å²) < 4.78 is 54.0. The molecule has 0 aliphatic heterocycles. The summed E-state index contributed by atoms with van der Waals surface area (Å²) in [6, 6.07) is 26.4. The van der Waals surface area contributed by atoms with Crippen molar-refractivity contribution in [1.82, 2.24) is 10.2 Å². The smallest absolute Gasteiger partial charge is 0.264 e. The number of para-hydroxylation sites is 1. The summed E-state index contributed by atoms with van der Waals surface area (Å²) in [5.74, 6) is -0.878. The van der Waals surface area contributed by atoms with E-state index in [1.807, 2.05) is 37.3 Å². The zero-order valence-electron chi connectivity index (χ0n) is 26.8. The average molecular weight is 662 g/mol. The molecule has 4 rings (SSSR count). The van der Waals surface area contributed by atoms with Crippen molar-refractivity contribution in [3.8, 4) is 11.5 Å². The minimum atomic E-state index is -4.34. The molecule has 4 aromatic carbocycles. The van der Waals surface area contributed by atoms with Crippen LogP contribution in [0.4, 0.5) is 10.1 Å². The van der Waals surface area contributed by atoms with E-state index in [1.165, 1.54) is 49.5 Å². The van der Waals surface area contributed by atoms with Crippen LogP contribution in [-0.4, -0.2) is 58.5 Å². The number of nitrogens with one attached hydrogen (secondary N) is 1. The number of ether oxygens (including phenoxy) is 2. The number of amides is 2. The topological polar surface area (TPSA) is 105 Å². The molecule has 2 amide bonds. The van der Waals surface area contributed by atoms with Crippen molar-refractivity contribution in [3.63, 3.8) is 0 Å². The molecule has 0 radical (unpaired) electrons. The standard InChI is InChI=1S/C36H40FN3O6S/c1-4-5-22-38-36(42)32(23-27-12-8-6-9-13-27)39(25-28-16-18-29(37)19-17-28)35(41)26-40(30-14-10-7-11-15-30)47(43,44)31-20-21-33(45-2)34(24-31)46-3/h6-21,24,32H,4-5,22-23,25-26H2,1-3H3,(H,38,42). The summed E-state index contributed by atoms with van der Waals surface area (Å²) in [5, 5.41) is 2.95. The number of hydrogen-bond donors (Lipinski definition) is 1. The highest BCUT2D eigenvalue weighted by Gasteiger charge is 2.35. The van der Waals surface area contributed by atoms with E-state index in [9.17, 15) is 22.4 Å². The molecule has 4 aromatic rings. The van der Waals surface area contributed by atoms with Crippen molar-refractivity contribution in [1.29, 1.82) is 0 Å². The van der Waals surface area contributed by atoms with Gasteiger partial charge in [-0.25, -0.2) is 12.8 Å². The van der Waals surface area contributed by atoms with Gasteiger partial charge < -0.3 is 19.7 Å². The minimum Gasteiger partial charge on any atom is -0.493 e. The van der Waals surface area contributed by atoms with Crippen LogP contribution in [-0.2, 0) is 32.6 Å². The first-order valence-corrected chi connectivity index (χ1v) is 16.8. The van der Waals surface area contributed by atoms with Gasteiger partial charge in [0.1, 0.15) is 18.4 Å². The molecular formula is C36H40FN3O6S. The monoisotopic (exact) mass is 661 g/mol. The van der Waals surface area contributed by atoms with E-state index < -0.39 is 34.3 Å². The van der Waals surface area contributed by atoms with Gasteiger partial charge in [-0.15, -0.1) is 0 Å². The number of hydrogen-bond acceptors (Lipinski definition) is 6. The van der Waals surface area contributed by atoms with Crippen molar-refractivity contribution < 1.29 is 31.9 Å². The molecule has 248 valence electrons. The van der Waals surface area contributed by atoms with Gasteiger partial charge in [-0.2, -0.15) is 0 Å². The Balaban J connectivity index is 1.79. The lowest BCUT2D eigenvalue weighted by Crippen LogP contribution is -2.53. The maximum Gasteiger partial charge on any atom is 0.264 e. The van der Waals surface area contributed by atoms with E-state index in [4.69, 9.17) is 9.47 Å². The minimum absolute atomic E-state index is 0.0587. The Morgan fingerprint density at radius 3 is 2.09 bits per heavy atom. The average Bonchev–Trinajstić information content (AvgIpc) is 3.09. The Morgan fingerprint density at radius 1 is 0.830 bits per heavy atom. The number of nitrogens with zero attached hydrogens (tertiary/aromatic N) is 2. The normalized spacial score (nSPS) is 11.7. The van der Waals surface area contributed by atoms with Gasteiger partial charge in [0.05, 0.1) is 24.8 Å². The molecule has 1 N–H and O–H groups in total. The van der Waals surface area contributed by atoms with Crippen LogP contribution in [0.15, 0.2) is 108 Å². The van der Waals surface area contributed by atoms with Gasteiger partial charge in [0.2, 0.25) is 11.8 Å². The predicted octanol–water partition coefficient (Wildman–Crippen LogP) is 5.59. The summed E-state index contributed by atoms with van der Waals surface area (Å²) in [6.45, 7) is 1.75. The first kappa shape index (κ1) is 35.0. The Bertz CT molecular complexity index is 1720. The highest BCUT2D eigenvalue weighted by molar-refractivity contribution is 7.92. The highest BCUT2D eigenvalue weighted by Crippen LogP contribution is 2.32. The lowest BCUT2D eigenvalue weighted by atomic mass is 10.0. The van der Waals surface area contributed by atoms with Gasteiger partial charge in [0, 0.05) is 25.6 Å². The van der Waals surface area contributed by atoms with Crippen LogP contribution in [0.5, 0.6) is 11.5 Å². The first-order chi connectivity index (χ1) is 22.7. The molecule has 9 nitrogen and oxygen atoms in total. The Kier molecular flexibility index (Phi) is 12.3. The Morgan fingerprint density at radius 2 is 1.47 bits per heavy atom. The van der Waals surface area contributed by atoms with Crippen molar-refractivity contribution in [2.24, 2.45) is 0 Å². The maximum atomic E-state index is 14.5. The van der Waals surface area contributed by atoms with Crippen LogP contribution in [0.2, 0.25) is 0 Å². The second kappa shape index (κ2) is 16.6. The Hall–Kier alpha value is -4.90. The summed E-state index contributed by atoms with van der Waals surface area (Å²) in [7, 11) is -1.49. The van der Waals surface area contributed by atoms with E-state index in [2.05, 4.69) is 5.32 Å². The van der Waals surface area contributed by atoms with Gasteiger partial charge in [-0.05, 0) is 53.9 Å². The molecule has 0 fully saturated rings. The zero-order chi connectivity index (χ0) is 33.8. The number of halogens is 1. The van der Waals surface area contributed by atoms with Crippen molar-refractivity contribution in [3.05, 3.63) is 120 Å². The number of methoxy groups -OCH3 is 2. The van der Waals surface area contributed by atoms with Crippen molar-refractivity contribution in [2.75, 3.05) is 31.6 Å². The lowest BCUT2D eigenvalue weighted by molar-refractivity contribution is -0.140. The summed E-state index contributed by atoms with van der Waals surface area (Å²) in [6.07, 6.45) is 1.79. The number of rotatable bonds is 16. The van der Waals surface area contributed by atoms with Gasteiger partial charge in [0.15, 0.2) is 11.5 Å². The number of benzene rings is 4. The first-order valence-electron chi connectivity index (χ1n) is 15.3. The van der Waals surface area contributed by atoms with Crippen LogP contribution in [0, 0.1) is 5.82 Å². The fourth-order valence-electron chi connectivity index (χ4n) is 5.07. The molecule has 0 heterocycles. The molecule has 0 aliphatic rings. The molecule has 0 saturated heterocycles. The van der Waals surface area contributed by atoms with Crippen LogP contribution in [0.1, 0.15) is 30.9 Å². The molecule has 0 aromatic heterocycles. The molecule has 0 spiro atoms. The highest BCUT2D eigenvalue weighted by atomic mass is 32.2. The number of anilines is 1. The largest absolute Gasteiger partial charge is 0.493 e. The molecule has 0 aliphatic carbocycles. The molecule has 0 bridgehead atoms. The van der Waals surface area contributed by atoms with Crippen LogP contribution < -0.4 is 19.1 Å². The van der Waals surface area contributed by atoms with Gasteiger partial charge >= 0.3 is 0 Å². The van der Waals surface area contributed by atoms with Crippen LogP contribution >= 0.6 is 0 Å². The number of unbranched alkanes of at least 4 members (excludes halogenated alkanes) is 1. The van der Waals surface area contributed by atoms with Gasteiger partial charge in [-0.3, -0.25) is 13.9 Å². The summed E-state index contributed by atoms with van der Waals surface area (Å²) >= 11 is 0. The summed E-state index contributed by atoms with van der Waals surface area (Å²) in [5.41, 5.74) is 1.65. The predicted molar refractivity (Wildman–Crippen MR) is 179 cm³/mol.